The van der Waals surface area contributed by atoms with Gasteiger partial charge in [-0.3, -0.25) is 9.89 Å². The topological polar surface area (TPSA) is 61.9 Å². The Kier molecular flexibility index (Phi) is 4.49. The third kappa shape index (κ3) is 3.10. The number of carbonyl (C=O) groups is 1. The number of rotatable bonds is 4. The van der Waals surface area contributed by atoms with Gasteiger partial charge in [-0.1, -0.05) is 30.3 Å². The summed E-state index contributed by atoms with van der Waals surface area (Å²) in [6.07, 6.45) is 0. The Morgan fingerprint density at radius 1 is 1.25 bits per heavy atom. The summed E-state index contributed by atoms with van der Waals surface area (Å²) in [6, 6.07) is 11.8. The second-order valence-corrected chi connectivity index (χ2v) is 7.21. The summed E-state index contributed by atoms with van der Waals surface area (Å²) in [5.41, 5.74) is 3.36. The summed E-state index contributed by atoms with van der Waals surface area (Å²) in [5.74, 6) is -0.0692. The van der Waals surface area contributed by atoms with Gasteiger partial charge in [0.05, 0.1) is 22.4 Å². The third-order valence-corrected chi connectivity index (χ3v) is 5.01. The van der Waals surface area contributed by atoms with E-state index in [0.717, 1.165) is 26.8 Å². The fourth-order valence-corrected chi connectivity index (χ4v) is 3.40. The minimum absolute atomic E-state index is 0.0692. The Morgan fingerprint density at radius 2 is 1.96 bits per heavy atom. The summed E-state index contributed by atoms with van der Waals surface area (Å²) in [4.78, 5) is 19.7. The second kappa shape index (κ2) is 6.57. The summed E-state index contributed by atoms with van der Waals surface area (Å²) in [7, 11) is 1.80. The maximum absolute atomic E-state index is 12.7. The molecule has 0 spiro atoms. The minimum atomic E-state index is -0.121. The van der Waals surface area contributed by atoms with Gasteiger partial charge in [-0.05, 0) is 26.8 Å². The zero-order chi connectivity index (χ0) is 17.3. The number of thiazole rings is 1. The monoisotopic (exact) mass is 340 g/mol. The van der Waals surface area contributed by atoms with E-state index in [1.807, 2.05) is 57.2 Å². The summed E-state index contributed by atoms with van der Waals surface area (Å²) in [6.45, 7) is 5.83. The van der Waals surface area contributed by atoms with Gasteiger partial charge in [0.2, 0.25) is 0 Å². The lowest BCUT2D eigenvalue weighted by Crippen LogP contribution is -2.30. The number of hydrogen-bond acceptors (Lipinski definition) is 4. The smallest absolute Gasteiger partial charge is 0.273 e. The number of aryl methyl sites for hydroxylation is 2. The van der Waals surface area contributed by atoms with Crippen LogP contribution in [0, 0.1) is 13.8 Å². The van der Waals surface area contributed by atoms with Crippen molar-refractivity contribution >= 4 is 17.2 Å². The van der Waals surface area contributed by atoms with Crippen molar-refractivity contribution in [2.75, 3.05) is 7.05 Å². The number of H-pyrrole nitrogens is 1. The molecular formula is C18H20N4OS. The van der Waals surface area contributed by atoms with Crippen LogP contribution in [0.1, 0.15) is 39.0 Å². The molecule has 0 fully saturated rings. The molecule has 2 aromatic heterocycles. The first kappa shape index (κ1) is 16.4. The van der Waals surface area contributed by atoms with Gasteiger partial charge in [-0.2, -0.15) is 5.10 Å². The van der Waals surface area contributed by atoms with Crippen molar-refractivity contribution < 1.29 is 4.79 Å². The van der Waals surface area contributed by atoms with Crippen LogP contribution in [0.3, 0.4) is 0 Å². The van der Waals surface area contributed by atoms with Crippen molar-refractivity contribution in [2.24, 2.45) is 0 Å². The molecule has 24 heavy (non-hydrogen) atoms. The lowest BCUT2D eigenvalue weighted by atomic mass is 10.1. The van der Waals surface area contributed by atoms with Crippen LogP contribution in [0.5, 0.6) is 0 Å². The normalized spacial score (nSPS) is 12.2. The predicted molar refractivity (Wildman–Crippen MR) is 96.1 cm³/mol. The molecular weight excluding hydrogens is 320 g/mol. The highest BCUT2D eigenvalue weighted by Crippen LogP contribution is 2.25. The molecule has 0 saturated heterocycles. The molecule has 5 nitrogen and oxygen atoms in total. The van der Waals surface area contributed by atoms with Crippen LogP contribution in [0.15, 0.2) is 36.4 Å². The standard InChI is InChI=1S/C18H20N4OS/c1-11(22(4)18(23)17-12(2)24-13(3)19-17)15-10-16(21-20-15)14-8-6-5-7-9-14/h5-11H,1-4H3,(H,20,21)/t11-/m0/s1. The number of benzene rings is 1. The quantitative estimate of drug-likeness (QED) is 0.781. The first-order valence-electron chi connectivity index (χ1n) is 7.79. The van der Waals surface area contributed by atoms with E-state index in [1.165, 1.54) is 0 Å². The van der Waals surface area contributed by atoms with E-state index in [9.17, 15) is 4.79 Å². The van der Waals surface area contributed by atoms with E-state index in [-0.39, 0.29) is 11.9 Å². The van der Waals surface area contributed by atoms with Gasteiger partial charge in [-0.25, -0.2) is 4.98 Å². The highest BCUT2D eigenvalue weighted by molar-refractivity contribution is 7.11. The minimum Gasteiger partial charge on any atom is -0.332 e. The van der Waals surface area contributed by atoms with Crippen LogP contribution in [-0.2, 0) is 0 Å². The highest BCUT2D eigenvalue weighted by Gasteiger charge is 2.24. The van der Waals surface area contributed by atoms with Crippen molar-refractivity contribution in [3.8, 4) is 11.3 Å². The maximum atomic E-state index is 12.7. The molecule has 0 bridgehead atoms. The Labute approximate surface area is 145 Å². The molecule has 0 aliphatic rings. The molecule has 1 N–H and O–H groups in total. The zero-order valence-corrected chi connectivity index (χ0v) is 15.0. The van der Waals surface area contributed by atoms with E-state index in [2.05, 4.69) is 15.2 Å². The fourth-order valence-electron chi connectivity index (χ4n) is 2.59. The average Bonchev–Trinajstić information content (AvgIpc) is 3.20. The Balaban J connectivity index is 1.81. The Bertz CT molecular complexity index is 853. The molecule has 0 radical (unpaired) electrons. The van der Waals surface area contributed by atoms with Crippen LogP contribution < -0.4 is 0 Å². The summed E-state index contributed by atoms with van der Waals surface area (Å²) < 4.78 is 0. The van der Waals surface area contributed by atoms with Crippen molar-refractivity contribution in [3.63, 3.8) is 0 Å². The lowest BCUT2D eigenvalue weighted by molar-refractivity contribution is 0.0734. The molecule has 1 aromatic carbocycles. The number of aromatic amines is 1. The van der Waals surface area contributed by atoms with E-state index in [4.69, 9.17) is 0 Å². The molecule has 0 aliphatic carbocycles. The van der Waals surface area contributed by atoms with Gasteiger partial charge in [-0.15, -0.1) is 11.3 Å². The maximum Gasteiger partial charge on any atom is 0.273 e. The molecule has 2 heterocycles. The molecule has 0 saturated carbocycles. The molecule has 0 unspecified atom stereocenters. The van der Waals surface area contributed by atoms with Crippen LogP contribution in [0.4, 0.5) is 0 Å². The summed E-state index contributed by atoms with van der Waals surface area (Å²) in [5, 5.41) is 8.32. The van der Waals surface area contributed by atoms with Crippen LogP contribution >= 0.6 is 11.3 Å². The molecule has 0 aliphatic heterocycles. The van der Waals surface area contributed by atoms with Gasteiger partial charge in [0.25, 0.3) is 5.91 Å². The first-order valence-corrected chi connectivity index (χ1v) is 8.61. The van der Waals surface area contributed by atoms with E-state index in [1.54, 1.807) is 23.3 Å². The number of amides is 1. The molecule has 3 aromatic rings. The average molecular weight is 340 g/mol. The lowest BCUT2D eigenvalue weighted by Gasteiger charge is -2.23. The van der Waals surface area contributed by atoms with E-state index >= 15 is 0 Å². The zero-order valence-electron chi connectivity index (χ0n) is 14.2. The number of carbonyl (C=O) groups excluding carboxylic acids is 1. The van der Waals surface area contributed by atoms with Gasteiger partial charge >= 0.3 is 0 Å². The Morgan fingerprint density at radius 3 is 2.58 bits per heavy atom. The van der Waals surface area contributed by atoms with Crippen LogP contribution in [0.2, 0.25) is 0 Å². The third-order valence-electron chi connectivity index (χ3n) is 4.12. The summed E-state index contributed by atoms with van der Waals surface area (Å²) >= 11 is 1.55. The van der Waals surface area contributed by atoms with Crippen molar-refractivity contribution in [3.05, 3.63) is 57.7 Å². The van der Waals surface area contributed by atoms with Gasteiger partial charge < -0.3 is 4.90 Å². The number of nitrogens with zero attached hydrogens (tertiary/aromatic N) is 3. The van der Waals surface area contributed by atoms with Gasteiger partial charge in [0.15, 0.2) is 0 Å². The SMILES string of the molecule is Cc1nc(C(=O)N(C)[C@@H](C)c2cc(-c3ccccc3)n[nH]2)c(C)s1. The predicted octanol–water partition coefficient (Wildman–Crippen LogP) is 3.98. The van der Waals surface area contributed by atoms with E-state index in [0.29, 0.717) is 5.69 Å². The van der Waals surface area contributed by atoms with E-state index < -0.39 is 0 Å². The number of hydrogen-bond donors (Lipinski definition) is 1. The highest BCUT2D eigenvalue weighted by atomic mass is 32.1. The van der Waals surface area contributed by atoms with Crippen molar-refractivity contribution in [2.45, 2.75) is 26.8 Å². The van der Waals surface area contributed by atoms with Gasteiger partial charge in [0.1, 0.15) is 5.69 Å². The first-order chi connectivity index (χ1) is 11.5. The molecule has 3 rings (SSSR count). The Hall–Kier alpha value is -2.47. The van der Waals surface area contributed by atoms with Crippen LogP contribution in [0.25, 0.3) is 11.3 Å². The number of nitrogens with one attached hydrogen (secondary N) is 1. The largest absolute Gasteiger partial charge is 0.332 e. The van der Waals surface area contributed by atoms with Crippen LogP contribution in [-0.4, -0.2) is 33.0 Å². The molecule has 124 valence electrons. The second-order valence-electron chi connectivity index (χ2n) is 5.80. The molecule has 6 heteroatoms. The van der Waals surface area contributed by atoms with Crippen molar-refractivity contribution in [1.29, 1.82) is 0 Å². The fraction of sp³-hybridized carbons (Fsp3) is 0.278. The number of aromatic nitrogens is 3. The molecule has 1 atom stereocenters. The molecule has 1 amide bonds. The van der Waals surface area contributed by atoms with Crippen molar-refractivity contribution in [1.82, 2.24) is 20.1 Å². The van der Waals surface area contributed by atoms with Gasteiger partial charge in [0, 0.05) is 17.5 Å².